The number of nitrogens with zero attached hydrogens (tertiary/aromatic N) is 2. The Kier molecular flexibility index (Phi) is 2.72. The number of phenols is 1. The van der Waals surface area contributed by atoms with Gasteiger partial charge in [-0.25, -0.2) is 4.39 Å². The van der Waals surface area contributed by atoms with E-state index in [1.165, 1.54) is 24.3 Å². The van der Waals surface area contributed by atoms with Crippen molar-refractivity contribution in [2.45, 2.75) is 0 Å². The van der Waals surface area contributed by atoms with Gasteiger partial charge < -0.3 is 9.52 Å². The van der Waals surface area contributed by atoms with E-state index >= 15 is 0 Å². The lowest BCUT2D eigenvalue weighted by Gasteiger charge is -1.95. The van der Waals surface area contributed by atoms with Crippen LogP contribution in [0.4, 0.5) is 4.39 Å². The number of hydrogen-bond acceptors (Lipinski definition) is 4. The van der Waals surface area contributed by atoms with Gasteiger partial charge in [-0.2, -0.15) is 0 Å². The summed E-state index contributed by atoms with van der Waals surface area (Å²) in [5.41, 5.74) is 1.36. The average Bonchev–Trinajstić information content (AvgIpc) is 2.90. The number of benzene rings is 2. The molecule has 1 heterocycles. The van der Waals surface area contributed by atoms with Crippen molar-refractivity contribution >= 4 is 0 Å². The van der Waals surface area contributed by atoms with Crippen molar-refractivity contribution in [1.29, 1.82) is 0 Å². The number of halogens is 1. The smallest absolute Gasteiger partial charge is 0.248 e. The molecular weight excluding hydrogens is 247 g/mol. The highest BCUT2D eigenvalue weighted by Gasteiger charge is 2.10. The minimum atomic E-state index is -0.318. The largest absolute Gasteiger partial charge is 0.508 e. The van der Waals surface area contributed by atoms with Crippen LogP contribution in [0.2, 0.25) is 0 Å². The van der Waals surface area contributed by atoms with Crippen LogP contribution in [0.25, 0.3) is 22.9 Å². The van der Waals surface area contributed by atoms with Crippen molar-refractivity contribution in [3.8, 4) is 28.7 Å². The molecule has 0 aliphatic rings. The van der Waals surface area contributed by atoms with Gasteiger partial charge in [-0.05, 0) is 48.5 Å². The van der Waals surface area contributed by atoms with Crippen LogP contribution in [-0.4, -0.2) is 15.3 Å². The van der Waals surface area contributed by atoms with E-state index in [4.69, 9.17) is 4.42 Å². The van der Waals surface area contributed by atoms with Crippen LogP contribution in [0.3, 0.4) is 0 Å². The Morgan fingerprint density at radius 2 is 1.26 bits per heavy atom. The van der Waals surface area contributed by atoms with Crippen LogP contribution in [0.15, 0.2) is 52.9 Å². The number of rotatable bonds is 2. The lowest BCUT2D eigenvalue weighted by Crippen LogP contribution is -1.78. The summed E-state index contributed by atoms with van der Waals surface area (Å²) in [5.74, 6) is 0.520. The summed E-state index contributed by atoms with van der Waals surface area (Å²) >= 11 is 0. The van der Waals surface area contributed by atoms with Gasteiger partial charge in [0.05, 0.1) is 0 Å². The van der Waals surface area contributed by atoms with E-state index in [-0.39, 0.29) is 11.6 Å². The average molecular weight is 256 g/mol. The van der Waals surface area contributed by atoms with E-state index in [0.717, 1.165) is 0 Å². The number of hydrogen-bond donors (Lipinski definition) is 1. The molecule has 2 aromatic carbocycles. The topological polar surface area (TPSA) is 59.2 Å². The molecule has 0 radical (unpaired) electrons. The van der Waals surface area contributed by atoms with Gasteiger partial charge in [-0.15, -0.1) is 10.2 Å². The fraction of sp³-hybridized carbons (Fsp3) is 0. The van der Waals surface area contributed by atoms with Gasteiger partial charge in [-0.1, -0.05) is 0 Å². The SMILES string of the molecule is Oc1ccc(-c2nnc(-c3ccc(F)cc3)o2)cc1. The summed E-state index contributed by atoms with van der Waals surface area (Å²) in [7, 11) is 0. The quantitative estimate of drug-likeness (QED) is 0.764. The van der Waals surface area contributed by atoms with Gasteiger partial charge in [0, 0.05) is 11.1 Å². The van der Waals surface area contributed by atoms with Gasteiger partial charge in [0.1, 0.15) is 11.6 Å². The Labute approximate surface area is 108 Å². The fourth-order valence-electron chi connectivity index (χ4n) is 1.65. The molecule has 0 fully saturated rings. The van der Waals surface area contributed by atoms with Crippen molar-refractivity contribution in [2.24, 2.45) is 0 Å². The Bertz CT molecular complexity index is 630. The Morgan fingerprint density at radius 1 is 0.789 bits per heavy atom. The van der Waals surface area contributed by atoms with Crippen LogP contribution in [-0.2, 0) is 0 Å². The first-order valence-corrected chi connectivity index (χ1v) is 5.61. The molecule has 1 aromatic heterocycles. The van der Waals surface area contributed by atoms with E-state index < -0.39 is 0 Å². The van der Waals surface area contributed by atoms with Crippen LogP contribution in [0, 0.1) is 5.82 Å². The summed E-state index contributed by atoms with van der Waals surface area (Å²) in [6, 6.07) is 12.2. The van der Waals surface area contributed by atoms with E-state index in [9.17, 15) is 9.50 Å². The van der Waals surface area contributed by atoms with E-state index in [0.29, 0.717) is 22.9 Å². The molecule has 3 aromatic rings. The molecular formula is C14H9FN2O2. The number of phenolic OH excluding ortho intramolecular Hbond substituents is 1. The van der Waals surface area contributed by atoms with Crippen LogP contribution in [0.1, 0.15) is 0 Å². The molecule has 0 bridgehead atoms. The predicted molar refractivity (Wildman–Crippen MR) is 66.8 cm³/mol. The van der Waals surface area contributed by atoms with Crippen LogP contribution in [0.5, 0.6) is 5.75 Å². The maximum Gasteiger partial charge on any atom is 0.248 e. The third-order valence-electron chi connectivity index (χ3n) is 2.63. The zero-order chi connectivity index (χ0) is 13.2. The molecule has 4 nitrogen and oxygen atoms in total. The molecule has 5 heteroatoms. The Balaban J connectivity index is 1.95. The molecule has 19 heavy (non-hydrogen) atoms. The molecule has 0 aliphatic carbocycles. The summed E-state index contributed by atoms with van der Waals surface area (Å²) in [6.07, 6.45) is 0. The van der Waals surface area contributed by atoms with Gasteiger partial charge in [-0.3, -0.25) is 0 Å². The van der Waals surface area contributed by atoms with Gasteiger partial charge in [0.2, 0.25) is 11.8 Å². The molecule has 1 N–H and O–H groups in total. The highest BCUT2D eigenvalue weighted by atomic mass is 19.1. The molecule has 94 valence electrons. The second kappa shape index (κ2) is 4.53. The molecule has 0 saturated carbocycles. The van der Waals surface area contributed by atoms with Crippen LogP contribution >= 0.6 is 0 Å². The van der Waals surface area contributed by atoms with Gasteiger partial charge in [0.25, 0.3) is 0 Å². The second-order valence-electron chi connectivity index (χ2n) is 3.97. The first-order valence-electron chi connectivity index (χ1n) is 5.61. The van der Waals surface area contributed by atoms with Crippen molar-refractivity contribution in [2.75, 3.05) is 0 Å². The maximum atomic E-state index is 12.8. The standard InChI is InChI=1S/C14H9FN2O2/c15-11-5-1-9(2-6-11)13-16-17-14(19-13)10-3-7-12(18)8-4-10/h1-8,18H. The Hall–Kier alpha value is -2.69. The third kappa shape index (κ3) is 2.30. The van der Waals surface area contributed by atoms with E-state index in [2.05, 4.69) is 10.2 Å². The second-order valence-corrected chi connectivity index (χ2v) is 3.97. The molecule has 0 aliphatic heterocycles. The van der Waals surface area contributed by atoms with Crippen LogP contribution < -0.4 is 0 Å². The number of aromatic nitrogens is 2. The van der Waals surface area contributed by atoms with Crippen molar-refractivity contribution in [1.82, 2.24) is 10.2 Å². The molecule has 0 spiro atoms. The minimum Gasteiger partial charge on any atom is -0.508 e. The van der Waals surface area contributed by atoms with E-state index in [1.807, 2.05) is 0 Å². The summed E-state index contributed by atoms with van der Waals surface area (Å²) in [6.45, 7) is 0. The minimum absolute atomic E-state index is 0.169. The normalized spacial score (nSPS) is 10.6. The van der Waals surface area contributed by atoms with E-state index in [1.54, 1.807) is 24.3 Å². The summed E-state index contributed by atoms with van der Waals surface area (Å²) < 4.78 is 18.3. The van der Waals surface area contributed by atoms with Crippen molar-refractivity contribution in [3.63, 3.8) is 0 Å². The molecule has 0 saturated heterocycles. The first-order chi connectivity index (χ1) is 9.22. The molecule has 0 unspecified atom stereocenters. The highest BCUT2D eigenvalue weighted by molar-refractivity contribution is 5.58. The first kappa shape index (κ1) is 11.4. The number of aromatic hydroxyl groups is 1. The third-order valence-corrected chi connectivity index (χ3v) is 2.63. The lowest BCUT2D eigenvalue weighted by atomic mass is 10.2. The predicted octanol–water partition coefficient (Wildman–Crippen LogP) is 3.25. The summed E-state index contributed by atoms with van der Waals surface area (Å²) in [4.78, 5) is 0. The van der Waals surface area contributed by atoms with Crippen molar-refractivity contribution in [3.05, 3.63) is 54.3 Å². The monoisotopic (exact) mass is 256 g/mol. The summed E-state index contributed by atoms with van der Waals surface area (Å²) in [5, 5.41) is 17.0. The van der Waals surface area contributed by atoms with Crippen molar-refractivity contribution < 1.29 is 13.9 Å². The fourth-order valence-corrected chi connectivity index (χ4v) is 1.65. The van der Waals surface area contributed by atoms with Gasteiger partial charge >= 0.3 is 0 Å². The zero-order valence-electron chi connectivity index (χ0n) is 9.75. The molecule has 0 amide bonds. The highest BCUT2D eigenvalue weighted by Crippen LogP contribution is 2.25. The lowest BCUT2D eigenvalue weighted by molar-refractivity contribution is 0.475. The maximum absolute atomic E-state index is 12.8. The van der Waals surface area contributed by atoms with Gasteiger partial charge in [0.15, 0.2) is 0 Å². The molecule has 3 rings (SSSR count). The molecule has 0 atom stereocenters. The Morgan fingerprint density at radius 3 is 1.79 bits per heavy atom. The zero-order valence-corrected chi connectivity index (χ0v) is 9.75.